The molecule has 1 aromatic rings. The molecule has 0 unspecified atom stereocenters. The SMILES string of the molecule is O=[N+]([O-])Nc1nn[nH]n1.[Na+]. The van der Waals surface area contributed by atoms with Gasteiger partial charge in [-0.25, -0.2) is 10.1 Å². The third kappa shape index (κ3) is 2.71. The molecule has 48 valence electrons. The Kier molecular flexibility index (Phi) is 3.84. The average molecular weight is 153 g/mol. The Balaban J connectivity index is 0.000000810. The van der Waals surface area contributed by atoms with E-state index in [0.717, 1.165) is 0 Å². The van der Waals surface area contributed by atoms with Gasteiger partial charge >= 0.3 is 35.5 Å². The number of hydrogen-bond donors (Lipinski definition) is 2. The van der Waals surface area contributed by atoms with E-state index in [0.29, 0.717) is 0 Å². The minimum Gasteiger partial charge on any atom is -0.234 e. The molecule has 0 saturated heterocycles. The predicted octanol–water partition coefficient (Wildman–Crippen LogP) is -4.19. The summed E-state index contributed by atoms with van der Waals surface area (Å²) in [4.78, 5) is 9.64. The number of hydrazine groups is 1. The topological polar surface area (TPSA) is 110 Å². The number of aromatic nitrogens is 4. The molecule has 0 fully saturated rings. The molecule has 0 aliphatic carbocycles. The van der Waals surface area contributed by atoms with Crippen LogP contribution in [0.5, 0.6) is 0 Å². The van der Waals surface area contributed by atoms with Gasteiger partial charge in [-0.15, -0.1) is 5.10 Å². The molecule has 0 radical (unpaired) electrons. The maximum absolute atomic E-state index is 9.64. The van der Waals surface area contributed by atoms with Crippen LogP contribution >= 0.6 is 0 Å². The standard InChI is InChI=1S/CH2N6O2.Na/c8-7(9)4-1-2-5-6-3-1;/h(H2,2,3,4,5,6);/q;+1. The van der Waals surface area contributed by atoms with Crippen molar-refractivity contribution in [2.24, 2.45) is 0 Å². The molecule has 9 heteroatoms. The second-order valence-electron chi connectivity index (χ2n) is 1.10. The molecule has 8 nitrogen and oxygen atoms in total. The number of nitro groups is 1. The van der Waals surface area contributed by atoms with Crippen molar-refractivity contribution in [3.63, 3.8) is 0 Å². The molecule has 0 bridgehead atoms. The van der Waals surface area contributed by atoms with Gasteiger partial charge in [-0.3, -0.25) is 0 Å². The summed E-state index contributed by atoms with van der Waals surface area (Å²) in [6.07, 6.45) is 0. The van der Waals surface area contributed by atoms with E-state index < -0.39 is 5.03 Å². The molecule has 0 aliphatic heterocycles. The summed E-state index contributed by atoms with van der Waals surface area (Å²) in [5.74, 6) is -0.153. The van der Waals surface area contributed by atoms with Crippen LogP contribution in [0.15, 0.2) is 0 Å². The van der Waals surface area contributed by atoms with Crippen LogP contribution in [0.1, 0.15) is 0 Å². The molecule has 0 aliphatic rings. The molecule has 1 heterocycles. The number of tetrazole rings is 1. The molecule has 10 heavy (non-hydrogen) atoms. The Hall–Kier alpha value is -0.730. The fraction of sp³-hybridized carbons (Fsp3) is 0. The Bertz CT molecular complexity index is 196. The van der Waals surface area contributed by atoms with Gasteiger partial charge in [0.1, 0.15) is 0 Å². The average Bonchev–Trinajstić information content (AvgIpc) is 2.15. The number of nitrogens with zero attached hydrogens (tertiary/aromatic N) is 4. The normalized spacial score (nSPS) is 8.00. The zero-order valence-electron chi connectivity index (χ0n) is 5.11. The van der Waals surface area contributed by atoms with Crippen molar-refractivity contribution in [1.82, 2.24) is 20.6 Å². The van der Waals surface area contributed by atoms with Crippen LogP contribution in [0.2, 0.25) is 0 Å². The number of aromatic amines is 1. The van der Waals surface area contributed by atoms with Crippen molar-refractivity contribution >= 4 is 5.95 Å². The van der Waals surface area contributed by atoms with Gasteiger partial charge < -0.3 is 0 Å². The minimum absolute atomic E-state index is 0. The first kappa shape index (κ1) is 9.27. The van der Waals surface area contributed by atoms with E-state index in [4.69, 9.17) is 0 Å². The largest absolute Gasteiger partial charge is 1.00 e. The van der Waals surface area contributed by atoms with Gasteiger partial charge in [0.05, 0.1) is 0 Å². The zero-order valence-corrected chi connectivity index (χ0v) is 7.11. The fourth-order valence-electron chi connectivity index (χ4n) is 0.291. The molecular weight excluding hydrogens is 151 g/mol. The maximum Gasteiger partial charge on any atom is 1.00 e. The van der Waals surface area contributed by atoms with Gasteiger partial charge in [0, 0.05) is 0 Å². The molecule has 0 spiro atoms. The van der Waals surface area contributed by atoms with Crippen LogP contribution in [0, 0.1) is 10.1 Å². The van der Waals surface area contributed by atoms with Gasteiger partial charge in [-0.1, -0.05) is 10.5 Å². The van der Waals surface area contributed by atoms with E-state index in [2.05, 4.69) is 20.6 Å². The molecule has 1 aromatic heterocycles. The maximum atomic E-state index is 9.64. The van der Waals surface area contributed by atoms with E-state index >= 15 is 0 Å². The van der Waals surface area contributed by atoms with E-state index in [9.17, 15) is 10.1 Å². The molecular formula is CH2N6NaO2+. The van der Waals surface area contributed by atoms with E-state index in [1.165, 1.54) is 0 Å². The Morgan fingerprint density at radius 1 is 1.70 bits per heavy atom. The van der Waals surface area contributed by atoms with Crippen LogP contribution in [0.4, 0.5) is 5.95 Å². The van der Waals surface area contributed by atoms with Gasteiger partial charge in [0.15, 0.2) is 5.03 Å². The Morgan fingerprint density at radius 3 is 2.80 bits per heavy atom. The number of rotatable bonds is 2. The Labute approximate surface area is 76.8 Å². The first-order valence-electron chi connectivity index (χ1n) is 1.93. The van der Waals surface area contributed by atoms with Crippen LogP contribution in [-0.4, -0.2) is 25.7 Å². The first-order chi connectivity index (χ1) is 4.29. The zero-order chi connectivity index (χ0) is 6.69. The van der Waals surface area contributed by atoms with Gasteiger partial charge in [0.2, 0.25) is 0 Å². The van der Waals surface area contributed by atoms with E-state index in [1.54, 1.807) is 5.43 Å². The van der Waals surface area contributed by atoms with Crippen molar-refractivity contribution in [2.45, 2.75) is 0 Å². The van der Waals surface area contributed by atoms with Crippen LogP contribution < -0.4 is 35.0 Å². The van der Waals surface area contributed by atoms with Crippen molar-refractivity contribution in [3.05, 3.63) is 10.1 Å². The number of H-pyrrole nitrogens is 1. The minimum atomic E-state index is -0.773. The second kappa shape index (κ2) is 4.14. The predicted molar refractivity (Wildman–Crippen MR) is 24.8 cm³/mol. The molecule has 1 rings (SSSR count). The molecule has 0 amide bonds. The molecule has 0 saturated carbocycles. The summed E-state index contributed by atoms with van der Waals surface area (Å²) >= 11 is 0. The van der Waals surface area contributed by atoms with Crippen LogP contribution in [-0.2, 0) is 0 Å². The smallest absolute Gasteiger partial charge is 0.234 e. The molecule has 0 atom stereocenters. The van der Waals surface area contributed by atoms with Crippen LogP contribution in [0.3, 0.4) is 0 Å². The summed E-state index contributed by atoms with van der Waals surface area (Å²) < 4.78 is 0. The number of anilines is 1. The van der Waals surface area contributed by atoms with Gasteiger partial charge in [-0.2, -0.15) is 5.21 Å². The Morgan fingerprint density at radius 2 is 2.40 bits per heavy atom. The fourth-order valence-corrected chi connectivity index (χ4v) is 0.291. The van der Waals surface area contributed by atoms with Crippen molar-refractivity contribution in [2.75, 3.05) is 5.43 Å². The monoisotopic (exact) mass is 153 g/mol. The number of nitrogens with one attached hydrogen (secondary N) is 2. The van der Waals surface area contributed by atoms with Crippen molar-refractivity contribution in [3.8, 4) is 0 Å². The summed E-state index contributed by atoms with van der Waals surface area (Å²) in [6.45, 7) is 0. The first-order valence-corrected chi connectivity index (χ1v) is 1.93. The van der Waals surface area contributed by atoms with Gasteiger partial charge in [-0.05, 0) is 5.21 Å². The van der Waals surface area contributed by atoms with Crippen LogP contribution in [0.25, 0.3) is 0 Å². The third-order valence-corrected chi connectivity index (χ3v) is 0.537. The quantitative estimate of drug-likeness (QED) is 0.253. The second-order valence-corrected chi connectivity index (χ2v) is 1.10. The van der Waals surface area contributed by atoms with E-state index in [-0.39, 0.29) is 35.5 Å². The molecule has 0 aromatic carbocycles. The third-order valence-electron chi connectivity index (χ3n) is 0.537. The van der Waals surface area contributed by atoms with Gasteiger partial charge in [0.25, 0.3) is 0 Å². The summed E-state index contributed by atoms with van der Waals surface area (Å²) in [7, 11) is 0. The summed E-state index contributed by atoms with van der Waals surface area (Å²) in [5.41, 5.74) is 1.69. The van der Waals surface area contributed by atoms with E-state index in [1.807, 2.05) is 0 Å². The molecule has 2 N–H and O–H groups in total. The summed E-state index contributed by atoms with van der Waals surface area (Å²) in [6, 6.07) is 0. The van der Waals surface area contributed by atoms with Crippen molar-refractivity contribution in [1.29, 1.82) is 0 Å². The summed E-state index contributed by atoms with van der Waals surface area (Å²) in [5, 5.41) is 20.5. The van der Waals surface area contributed by atoms with Crippen molar-refractivity contribution < 1.29 is 34.6 Å². The number of hydrogen-bond acceptors (Lipinski definition) is 5.